The summed E-state index contributed by atoms with van der Waals surface area (Å²) in [5.41, 5.74) is 0.438. The number of aromatic nitrogens is 1. The number of nitrogens with zero attached hydrogens (tertiary/aromatic N) is 2. The van der Waals surface area contributed by atoms with Crippen molar-refractivity contribution in [2.24, 2.45) is 0 Å². The number of nitro groups is 1. The van der Waals surface area contributed by atoms with Crippen LogP contribution in [0.5, 0.6) is 5.88 Å². The van der Waals surface area contributed by atoms with Crippen LogP contribution in [0, 0.1) is 15.9 Å². The number of rotatable bonds is 5. The number of benzene rings is 1. The van der Waals surface area contributed by atoms with Gasteiger partial charge in [-0.3, -0.25) is 0 Å². The van der Waals surface area contributed by atoms with E-state index in [1.165, 1.54) is 36.4 Å². The fourth-order valence-corrected chi connectivity index (χ4v) is 1.86. The molecule has 0 fully saturated rings. The highest BCUT2D eigenvalue weighted by atomic mass is 35.5. The van der Waals surface area contributed by atoms with E-state index < -0.39 is 10.7 Å². The molecule has 0 saturated carbocycles. The normalized spacial score (nSPS) is 10.2. The van der Waals surface area contributed by atoms with Crippen LogP contribution >= 0.6 is 11.6 Å². The second kappa shape index (κ2) is 6.32. The number of halogens is 2. The molecule has 5 nitrogen and oxygen atoms in total. The zero-order valence-electron chi connectivity index (χ0n) is 10.8. The molecule has 2 aromatic rings. The minimum absolute atomic E-state index is 0.00613. The van der Waals surface area contributed by atoms with Gasteiger partial charge in [0.25, 0.3) is 0 Å². The molecule has 1 aromatic heterocycles. The summed E-state index contributed by atoms with van der Waals surface area (Å²) in [4.78, 5) is 14.0. The van der Waals surface area contributed by atoms with Crippen LogP contribution < -0.4 is 4.74 Å². The second-order valence-corrected chi connectivity index (χ2v) is 4.42. The Bertz CT molecular complexity index is 686. The Morgan fingerprint density at radius 1 is 1.43 bits per heavy atom. The van der Waals surface area contributed by atoms with Crippen molar-refractivity contribution in [3.63, 3.8) is 0 Å². The van der Waals surface area contributed by atoms with Crippen LogP contribution in [0.25, 0.3) is 6.08 Å². The fraction of sp³-hybridized carbons (Fsp3) is 0.0714. The first-order valence-corrected chi connectivity index (χ1v) is 6.24. The maximum Gasteiger partial charge on any atom is 0.374 e. The Morgan fingerprint density at radius 2 is 2.19 bits per heavy atom. The summed E-state index contributed by atoms with van der Waals surface area (Å²) < 4.78 is 18.8. The molecule has 1 heterocycles. The fourth-order valence-electron chi connectivity index (χ4n) is 1.64. The number of ether oxygens (including phenoxy) is 1. The molecule has 1 aromatic carbocycles. The zero-order valence-corrected chi connectivity index (χ0v) is 11.5. The highest BCUT2D eigenvalue weighted by Gasteiger charge is 2.17. The molecule has 0 N–H and O–H groups in total. The van der Waals surface area contributed by atoms with E-state index in [2.05, 4.69) is 11.6 Å². The van der Waals surface area contributed by atoms with Crippen molar-refractivity contribution in [2.45, 2.75) is 6.61 Å². The van der Waals surface area contributed by atoms with E-state index in [9.17, 15) is 14.5 Å². The summed E-state index contributed by atoms with van der Waals surface area (Å²) in [6.07, 6.45) is 1.32. The quantitative estimate of drug-likeness (QED) is 0.618. The molecule has 7 heteroatoms. The highest BCUT2D eigenvalue weighted by molar-refractivity contribution is 6.31. The van der Waals surface area contributed by atoms with E-state index in [1.54, 1.807) is 0 Å². The minimum atomic E-state index is -0.639. The first kappa shape index (κ1) is 14.9. The Kier molecular flexibility index (Phi) is 4.49. The lowest BCUT2D eigenvalue weighted by Crippen LogP contribution is -2.03. The van der Waals surface area contributed by atoms with Crippen LogP contribution in [-0.4, -0.2) is 9.91 Å². The Hall–Kier alpha value is -2.47. The third-order valence-corrected chi connectivity index (χ3v) is 3.05. The number of pyridine rings is 1. The van der Waals surface area contributed by atoms with Gasteiger partial charge in [-0.2, -0.15) is 0 Å². The van der Waals surface area contributed by atoms with Crippen LogP contribution in [0.1, 0.15) is 11.1 Å². The summed E-state index contributed by atoms with van der Waals surface area (Å²) in [7, 11) is 0. The van der Waals surface area contributed by atoms with Gasteiger partial charge in [0.15, 0.2) is 0 Å². The van der Waals surface area contributed by atoms with E-state index in [1.807, 2.05) is 0 Å². The lowest BCUT2D eigenvalue weighted by Gasteiger charge is -2.06. The van der Waals surface area contributed by atoms with Gasteiger partial charge in [-0.15, -0.1) is 0 Å². The van der Waals surface area contributed by atoms with E-state index in [-0.39, 0.29) is 34.5 Å². The predicted molar refractivity (Wildman–Crippen MR) is 76.7 cm³/mol. The van der Waals surface area contributed by atoms with Gasteiger partial charge in [0, 0.05) is 16.6 Å². The average molecular weight is 309 g/mol. The first-order valence-electron chi connectivity index (χ1n) is 5.86. The smallest absolute Gasteiger partial charge is 0.374 e. The molecular weight excluding hydrogens is 299 g/mol. The molecule has 0 aliphatic carbocycles. The molecule has 0 spiro atoms. The van der Waals surface area contributed by atoms with Gasteiger partial charge in [-0.05, 0) is 23.1 Å². The van der Waals surface area contributed by atoms with Crippen LogP contribution in [0.15, 0.2) is 36.9 Å². The minimum Gasteiger partial charge on any atom is -0.454 e. The third-order valence-electron chi connectivity index (χ3n) is 2.70. The van der Waals surface area contributed by atoms with Gasteiger partial charge in [0.05, 0.1) is 10.6 Å². The summed E-state index contributed by atoms with van der Waals surface area (Å²) in [5, 5.41) is 11.1. The summed E-state index contributed by atoms with van der Waals surface area (Å²) in [5.74, 6) is -0.881. The van der Waals surface area contributed by atoms with Crippen molar-refractivity contribution >= 4 is 23.5 Å². The topological polar surface area (TPSA) is 65.3 Å². The van der Waals surface area contributed by atoms with E-state index in [0.717, 1.165) is 0 Å². The molecule has 108 valence electrons. The van der Waals surface area contributed by atoms with Crippen LogP contribution in [-0.2, 0) is 6.61 Å². The molecule has 0 aliphatic rings. The van der Waals surface area contributed by atoms with Crippen molar-refractivity contribution in [1.82, 2.24) is 4.98 Å². The van der Waals surface area contributed by atoms with Gasteiger partial charge in [0.2, 0.25) is 0 Å². The average Bonchev–Trinajstić information content (AvgIpc) is 2.46. The van der Waals surface area contributed by atoms with Crippen molar-refractivity contribution < 1.29 is 14.1 Å². The van der Waals surface area contributed by atoms with Crippen molar-refractivity contribution in [2.75, 3.05) is 0 Å². The highest BCUT2D eigenvalue weighted by Crippen LogP contribution is 2.24. The molecular formula is C14H10ClFN2O3. The number of hydrogen-bond acceptors (Lipinski definition) is 4. The molecule has 0 aliphatic heterocycles. The van der Waals surface area contributed by atoms with Gasteiger partial charge in [-0.25, -0.2) is 4.39 Å². The van der Waals surface area contributed by atoms with Gasteiger partial charge >= 0.3 is 11.7 Å². The van der Waals surface area contributed by atoms with Gasteiger partial charge < -0.3 is 14.9 Å². The van der Waals surface area contributed by atoms with Crippen molar-refractivity contribution in [3.8, 4) is 5.88 Å². The van der Waals surface area contributed by atoms with Crippen LogP contribution in [0.2, 0.25) is 5.02 Å². The maximum atomic E-state index is 13.6. The van der Waals surface area contributed by atoms with E-state index >= 15 is 0 Å². The largest absolute Gasteiger partial charge is 0.454 e. The Morgan fingerprint density at radius 3 is 2.81 bits per heavy atom. The second-order valence-electron chi connectivity index (χ2n) is 4.01. The molecule has 0 amide bonds. The van der Waals surface area contributed by atoms with E-state index in [4.69, 9.17) is 16.3 Å². The molecule has 0 radical (unpaired) electrons. The summed E-state index contributed by atoms with van der Waals surface area (Å²) in [6.45, 7) is 3.29. The monoisotopic (exact) mass is 308 g/mol. The summed E-state index contributed by atoms with van der Waals surface area (Å²) in [6, 6.07) is 7.15. The predicted octanol–water partition coefficient (Wildman–Crippen LogP) is 4.00. The maximum absolute atomic E-state index is 13.6. The molecule has 21 heavy (non-hydrogen) atoms. The SMILES string of the molecule is C=Cc1ccc(OCc2c(F)cccc2Cl)nc1[N+](=O)[O-]. The Balaban J connectivity index is 2.23. The molecule has 2 rings (SSSR count). The summed E-state index contributed by atoms with van der Waals surface area (Å²) >= 11 is 5.86. The van der Waals surface area contributed by atoms with E-state index in [0.29, 0.717) is 0 Å². The van der Waals surface area contributed by atoms with Gasteiger partial charge in [0.1, 0.15) is 12.4 Å². The standard InChI is InChI=1S/C14H10ClFN2O3/c1-2-9-6-7-13(17-14(9)18(19)20)21-8-10-11(15)4-3-5-12(10)16/h2-7H,1,8H2. The molecule has 0 saturated heterocycles. The Labute approximate surface area is 124 Å². The van der Waals surface area contributed by atoms with Gasteiger partial charge in [-0.1, -0.05) is 30.3 Å². The van der Waals surface area contributed by atoms with Crippen molar-refractivity contribution in [3.05, 3.63) is 69.0 Å². The van der Waals surface area contributed by atoms with Crippen LogP contribution in [0.4, 0.5) is 10.2 Å². The van der Waals surface area contributed by atoms with Crippen LogP contribution in [0.3, 0.4) is 0 Å². The lowest BCUT2D eigenvalue weighted by atomic mass is 10.2. The first-order chi connectivity index (χ1) is 10.0. The molecule has 0 atom stereocenters. The third kappa shape index (κ3) is 3.35. The van der Waals surface area contributed by atoms with Crippen molar-refractivity contribution in [1.29, 1.82) is 0 Å². The number of hydrogen-bond donors (Lipinski definition) is 0. The molecule has 0 unspecified atom stereocenters. The zero-order chi connectivity index (χ0) is 15.4. The lowest BCUT2D eigenvalue weighted by molar-refractivity contribution is -0.389. The molecule has 0 bridgehead atoms.